The van der Waals surface area contributed by atoms with Crippen molar-refractivity contribution in [1.82, 2.24) is 0 Å². The summed E-state index contributed by atoms with van der Waals surface area (Å²) in [5.41, 5.74) is 3.89. The maximum Gasteiger partial charge on any atom is 0.0474 e. The van der Waals surface area contributed by atoms with E-state index in [0.717, 1.165) is 6.54 Å². The summed E-state index contributed by atoms with van der Waals surface area (Å²) in [6.45, 7) is 10.1. The topological polar surface area (TPSA) is 3.24 Å². The van der Waals surface area contributed by atoms with Gasteiger partial charge < -0.3 is 4.90 Å². The number of alkyl halides is 1. The van der Waals surface area contributed by atoms with Gasteiger partial charge in [-0.1, -0.05) is 31.9 Å². The van der Waals surface area contributed by atoms with E-state index in [4.69, 9.17) is 11.6 Å². The number of anilines is 1. The quantitative estimate of drug-likeness (QED) is 0.488. The fourth-order valence-electron chi connectivity index (χ4n) is 2.31. The molecule has 0 aliphatic heterocycles. The molecular weight excluding hydrogens is 242 g/mol. The molecule has 0 fully saturated rings. The zero-order chi connectivity index (χ0) is 13.5. The minimum Gasteiger partial charge on any atom is -0.369 e. The fraction of sp³-hybridized carbons (Fsp3) is 0.625. The van der Waals surface area contributed by atoms with Gasteiger partial charge in [-0.3, -0.25) is 0 Å². The Labute approximate surface area is 117 Å². The van der Waals surface area contributed by atoms with E-state index in [1.54, 1.807) is 0 Å². The van der Waals surface area contributed by atoms with Crippen LogP contribution in [-0.4, -0.2) is 12.6 Å². The Hall–Kier alpha value is -0.690. The van der Waals surface area contributed by atoms with Crippen LogP contribution in [0.15, 0.2) is 18.2 Å². The zero-order valence-electron chi connectivity index (χ0n) is 12.2. The molecule has 0 radical (unpaired) electrons. The molecule has 1 aromatic carbocycles. The van der Waals surface area contributed by atoms with E-state index in [1.165, 1.54) is 36.1 Å². The number of nitrogens with zero attached hydrogens (tertiary/aromatic N) is 1. The van der Waals surface area contributed by atoms with Crippen molar-refractivity contribution in [2.45, 2.75) is 58.9 Å². The van der Waals surface area contributed by atoms with Gasteiger partial charge in [0.15, 0.2) is 0 Å². The lowest BCUT2D eigenvalue weighted by Crippen LogP contribution is -2.32. The van der Waals surface area contributed by atoms with Crippen molar-refractivity contribution in [3.05, 3.63) is 29.3 Å². The summed E-state index contributed by atoms with van der Waals surface area (Å²) in [6, 6.07) is 7.11. The molecule has 0 unspecified atom stereocenters. The predicted molar refractivity (Wildman–Crippen MR) is 82.7 cm³/mol. The maximum atomic E-state index is 5.88. The van der Waals surface area contributed by atoms with E-state index in [9.17, 15) is 0 Å². The third-order valence-corrected chi connectivity index (χ3v) is 3.66. The molecule has 1 aromatic rings. The number of rotatable bonds is 7. The van der Waals surface area contributed by atoms with E-state index in [0.29, 0.717) is 11.9 Å². The molecular formula is C16H26ClN. The Morgan fingerprint density at radius 3 is 2.44 bits per heavy atom. The molecule has 0 heterocycles. The smallest absolute Gasteiger partial charge is 0.0474 e. The average molecular weight is 268 g/mol. The van der Waals surface area contributed by atoms with Crippen LogP contribution in [-0.2, 0) is 5.88 Å². The molecule has 0 aliphatic rings. The molecule has 1 rings (SSSR count). The second-order valence-corrected chi connectivity index (χ2v) is 5.52. The average Bonchev–Trinajstić information content (AvgIpc) is 2.35. The van der Waals surface area contributed by atoms with Crippen molar-refractivity contribution in [2.24, 2.45) is 0 Å². The minimum absolute atomic E-state index is 0.544. The third-order valence-electron chi connectivity index (χ3n) is 3.35. The summed E-state index contributed by atoms with van der Waals surface area (Å²) in [6.07, 6.45) is 3.85. The van der Waals surface area contributed by atoms with E-state index >= 15 is 0 Å². The summed E-state index contributed by atoms with van der Waals surface area (Å²) in [7, 11) is 0. The Balaban J connectivity index is 2.84. The van der Waals surface area contributed by atoms with Crippen LogP contribution in [0.3, 0.4) is 0 Å². The molecule has 0 N–H and O–H groups in total. The molecule has 1 nitrogen and oxygen atoms in total. The molecule has 0 saturated heterocycles. The van der Waals surface area contributed by atoms with E-state index in [-0.39, 0.29) is 0 Å². The van der Waals surface area contributed by atoms with Gasteiger partial charge in [0, 0.05) is 24.2 Å². The Morgan fingerprint density at radius 2 is 1.94 bits per heavy atom. The monoisotopic (exact) mass is 267 g/mol. The van der Waals surface area contributed by atoms with Crippen molar-refractivity contribution in [1.29, 1.82) is 0 Å². The van der Waals surface area contributed by atoms with Crippen molar-refractivity contribution in [2.75, 3.05) is 11.4 Å². The summed E-state index contributed by atoms with van der Waals surface area (Å²) in [5, 5.41) is 0. The van der Waals surface area contributed by atoms with Gasteiger partial charge in [0.05, 0.1) is 0 Å². The second-order valence-electron chi connectivity index (χ2n) is 5.25. The van der Waals surface area contributed by atoms with Crippen LogP contribution in [0, 0.1) is 6.92 Å². The summed E-state index contributed by atoms with van der Waals surface area (Å²) in [5.74, 6) is 0.596. The molecule has 102 valence electrons. The van der Waals surface area contributed by atoms with E-state index in [1.807, 2.05) is 0 Å². The molecule has 2 heteroatoms. The van der Waals surface area contributed by atoms with Crippen LogP contribution >= 0.6 is 11.6 Å². The molecule has 0 saturated carbocycles. The highest BCUT2D eigenvalue weighted by molar-refractivity contribution is 6.17. The molecule has 0 spiro atoms. The fourth-order valence-corrected chi connectivity index (χ4v) is 2.48. The zero-order valence-corrected chi connectivity index (χ0v) is 12.9. The molecule has 0 amide bonds. The highest BCUT2D eigenvalue weighted by Gasteiger charge is 2.12. The Morgan fingerprint density at radius 1 is 1.22 bits per heavy atom. The van der Waals surface area contributed by atoms with Gasteiger partial charge >= 0.3 is 0 Å². The number of hydrogen-bond acceptors (Lipinski definition) is 1. The number of aryl methyl sites for hydroxylation is 1. The lowest BCUT2D eigenvalue weighted by Gasteiger charge is -2.30. The number of unbranched alkanes of at least 4 members (excludes halogenated alkanes) is 2. The largest absolute Gasteiger partial charge is 0.369 e. The van der Waals surface area contributed by atoms with Gasteiger partial charge in [-0.05, 0) is 44.4 Å². The van der Waals surface area contributed by atoms with Gasteiger partial charge in [0.1, 0.15) is 0 Å². The van der Waals surface area contributed by atoms with Gasteiger partial charge in [0.2, 0.25) is 0 Å². The lowest BCUT2D eigenvalue weighted by atomic mass is 10.1. The predicted octanol–water partition coefficient (Wildman–Crippen LogP) is 5.14. The van der Waals surface area contributed by atoms with Crippen LogP contribution in [0.5, 0.6) is 0 Å². The first-order valence-electron chi connectivity index (χ1n) is 7.02. The SMILES string of the molecule is CCCCCN(c1ccc(CCl)cc1C)C(C)C. The van der Waals surface area contributed by atoms with Gasteiger partial charge in [-0.2, -0.15) is 0 Å². The normalized spacial score (nSPS) is 11.0. The highest BCUT2D eigenvalue weighted by Crippen LogP contribution is 2.24. The molecule has 18 heavy (non-hydrogen) atoms. The van der Waals surface area contributed by atoms with Crippen molar-refractivity contribution in [3.8, 4) is 0 Å². The molecule has 0 aromatic heterocycles. The minimum atomic E-state index is 0.544. The van der Waals surface area contributed by atoms with Crippen LogP contribution in [0.1, 0.15) is 51.2 Å². The van der Waals surface area contributed by atoms with Crippen molar-refractivity contribution in [3.63, 3.8) is 0 Å². The highest BCUT2D eigenvalue weighted by atomic mass is 35.5. The van der Waals surface area contributed by atoms with E-state index in [2.05, 4.69) is 50.8 Å². The van der Waals surface area contributed by atoms with Gasteiger partial charge in [-0.15, -0.1) is 11.6 Å². The lowest BCUT2D eigenvalue weighted by molar-refractivity contribution is 0.625. The van der Waals surface area contributed by atoms with Crippen LogP contribution in [0.2, 0.25) is 0 Å². The van der Waals surface area contributed by atoms with Crippen LogP contribution < -0.4 is 4.90 Å². The number of benzene rings is 1. The van der Waals surface area contributed by atoms with Gasteiger partial charge in [0.25, 0.3) is 0 Å². The first kappa shape index (κ1) is 15.4. The Kier molecular flexibility index (Phi) is 6.56. The third kappa shape index (κ3) is 4.20. The van der Waals surface area contributed by atoms with Crippen LogP contribution in [0.25, 0.3) is 0 Å². The maximum absolute atomic E-state index is 5.88. The number of hydrogen-bond donors (Lipinski definition) is 0. The summed E-state index contributed by atoms with van der Waals surface area (Å²) < 4.78 is 0. The van der Waals surface area contributed by atoms with Crippen molar-refractivity contribution >= 4 is 17.3 Å². The first-order valence-corrected chi connectivity index (χ1v) is 7.55. The Bertz CT molecular complexity index is 360. The van der Waals surface area contributed by atoms with E-state index < -0.39 is 0 Å². The summed E-state index contributed by atoms with van der Waals surface area (Å²) in [4.78, 5) is 2.50. The standard InChI is InChI=1S/C16H26ClN/c1-5-6-7-10-18(13(2)3)16-9-8-15(12-17)11-14(16)4/h8-9,11,13H,5-7,10,12H2,1-4H3. The van der Waals surface area contributed by atoms with Gasteiger partial charge in [-0.25, -0.2) is 0 Å². The first-order chi connectivity index (χ1) is 8.60. The molecule has 0 aliphatic carbocycles. The second kappa shape index (κ2) is 7.68. The summed E-state index contributed by atoms with van der Waals surface area (Å²) >= 11 is 5.88. The molecule has 0 bridgehead atoms. The molecule has 0 atom stereocenters. The van der Waals surface area contributed by atoms with Crippen molar-refractivity contribution < 1.29 is 0 Å². The number of halogens is 1. The van der Waals surface area contributed by atoms with Crippen LogP contribution in [0.4, 0.5) is 5.69 Å².